The molecular formula is C22H19ClF3N3O2. The number of alkyl halides is 3. The van der Waals surface area contributed by atoms with Crippen molar-refractivity contribution in [2.24, 2.45) is 0 Å². The van der Waals surface area contributed by atoms with Crippen LogP contribution in [-0.4, -0.2) is 18.0 Å². The lowest BCUT2D eigenvalue weighted by molar-refractivity contribution is -0.141. The molecule has 0 saturated carbocycles. The van der Waals surface area contributed by atoms with Crippen LogP contribution in [0.15, 0.2) is 54.6 Å². The van der Waals surface area contributed by atoms with E-state index >= 15 is 0 Å². The molecule has 31 heavy (non-hydrogen) atoms. The smallest absolute Gasteiger partial charge is 0.433 e. The Morgan fingerprint density at radius 1 is 1.13 bits per heavy atom. The van der Waals surface area contributed by atoms with E-state index in [9.17, 15) is 18.0 Å². The van der Waals surface area contributed by atoms with Crippen LogP contribution in [0.25, 0.3) is 0 Å². The van der Waals surface area contributed by atoms with E-state index in [4.69, 9.17) is 16.3 Å². The Hall–Kier alpha value is -3.26. The molecule has 1 aromatic heterocycles. The van der Waals surface area contributed by atoms with Crippen molar-refractivity contribution >= 4 is 29.0 Å². The molecule has 0 spiro atoms. The number of amides is 1. The van der Waals surface area contributed by atoms with Gasteiger partial charge in [0.2, 0.25) is 0 Å². The highest BCUT2D eigenvalue weighted by Crippen LogP contribution is 2.31. The van der Waals surface area contributed by atoms with E-state index in [1.807, 2.05) is 0 Å². The van der Waals surface area contributed by atoms with Crippen LogP contribution < -0.4 is 15.4 Å². The number of nitrogens with zero attached hydrogens (tertiary/aromatic N) is 1. The highest BCUT2D eigenvalue weighted by Gasteiger charge is 2.33. The van der Waals surface area contributed by atoms with Crippen LogP contribution >= 0.6 is 11.6 Å². The number of carbonyl (C=O) groups is 1. The van der Waals surface area contributed by atoms with Crippen molar-refractivity contribution < 1.29 is 22.7 Å². The maximum absolute atomic E-state index is 13.2. The Kier molecular flexibility index (Phi) is 6.70. The molecule has 0 saturated heterocycles. The van der Waals surface area contributed by atoms with Gasteiger partial charge in [-0.1, -0.05) is 35.9 Å². The lowest BCUT2D eigenvalue weighted by atomic mass is 10.1. The molecule has 0 aliphatic rings. The molecule has 0 radical (unpaired) electrons. The molecule has 2 N–H and O–H groups in total. The molecule has 0 aliphatic heterocycles. The van der Waals surface area contributed by atoms with Crippen LogP contribution in [0.2, 0.25) is 5.02 Å². The predicted octanol–water partition coefficient (Wildman–Crippen LogP) is 5.74. The normalized spacial score (nSPS) is 11.2. The molecule has 3 aromatic rings. The van der Waals surface area contributed by atoms with E-state index in [1.165, 1.54) is 7.11 Å². The van der Waals surface area contributed by atoms with Crippen LogP contribution in [0, 0.1) is 6.92 Å². The molecule has 0 unspecified atom stereocenters. The first-order chi connectivity index (χ1) is 14.7. The van der Waals surface area contributed by atoms with Gasteiger partial charge in [0, 0.05) is 22.8 Å². The number of aromatic nitrogens is 1. The number of benzene rings is 2. The van der Waals surface area contributed by atoms with Crippen molar-refractivity contribution in [2.75, 3.05) is 12.4 Å². The third-order valence-electron chi connectivity index (χ3n) is 4.51. The molecule has 2 aromatic carbocycles. The van der Waals surface area contributed by atoms with Crippen LogP contribution in [0.1, 0.15) is 27.2 Å². The van der Waals surface area contributed by atoms with Gasteiger partial charge in [-0.05, 0) is 42.8 Å². The van der Waals surface area contributed by atoms with E-state index in [1.54, 1.807) is 49.4 Å². The highest BCUT2D eigenvalue weighted by atomic mass is 35.5. The van der Waals surface area contributed by atoms with Crippen molar-refractivity contribution in [1.29, 1.82) is 0 Å². The van der Waals surface area contributed by atoms with Crippen LogP contribution in [0.3, 0.4) is 0 Å². The van der Waals surface area contributed by atoms with Gasteiger partial charge in [0.1, 0.15) is 17.3 Å². The van der Waals surface area contributed by atoms with E-state index in [2.05, 4.69) is 15.6 Å². The quantitative estimate of drug-likeness (QED) is 0.503. The number of rotatable bonds is 6. The molecule has 5 nitrogen and oxygen atoms in total. The number of halogens is 4. The summed E-state index contributed by atoms with van der Waals surface area (Å²) < 4.78 is 44.9. The van der Waals surface area contributed by atoms with Gasteiger partial charge >= 0.3 is 6.18 Å². The van der Waals surface area contributed by atoms with E-state index in [0.717, 1.165) is 23.3 Å². The zero-order chi connectivity index (χ0) is 22.6. The number of anilines is 2. The minimum absolute atomic E-state index is 0.0396. The van der Waals surface area contributed by atoms with Crippen molar-refractivity contribution in [3.63, 3.8) is 0 Å². The Morgan fingerprint density at radius 3 is 2.58 bits per heavy atom. The Balaban J connectivity index is 1.92. The fraction of sp³-hybridized carbons (Fsp3) is 0.182. The molecule has 3 rings (SSSR count). The third-order valence-corrected chi connectivity index (χ3v) is 4.75. The average molecular weight is 450 g/mol. The summed E-state index contributed by atoms with van der Waals surface area (Å²) in [5.74, 6) is -0.228. The molecule has 162 valence electrons. The second kappa shape index (κ2) is 9.26. The minimum atomic E-state index is -4.66. The van der Waals surface area contributed by atoms with Crippen molar-refractivity contribution in [1.82, 2.24) is 10.3 Å². The lowest BCUT2D eigenvalue weighted by Gasteiger charge is -2.16. The zero-order valence-corrected chi connectivity index (χ0v) is 17.4. The van der Waals surface area contributed by atoms with Gasteiger partial charge in [0.25, 0.3) is 5.91 Å². The van der Waals surface area contributed by atoms with E-state index < -0.39 is 17.8 Å². The van der Waals surface area contributed by atoms with Gasteiger partial charge in [0.15, 0.2) is 0 Å². The van der Waals surface area contributed by atoms with Crippen LogP contribution in [0.4, 0.5) is 24.7 Å². The summed E-state index contributed by atoms with van der Waals surface area (Å²) in [6.07, 6.45) is -4.66. The summed E-state index contributed by atoms with van der Waals surface area (Å²) in [4.78, 5) is 16.5. The number of pyridine rings is 1. The average Bonchev–Trinajstić information content (AvgIpc) is 2.74. The number of ether oxygens (including phenoxy) is 1. The first kappa shape index (κ1) is 22.4. The van der Waals surface area contributed by atoms with Crippen molar-refractivity contribution in [2.45, 2.75) is 19.6 Å². The van der Waals surface area contributed by atoms with Gasteiger partial charge < -0.3 is 15.4 Å². The van der Waals surface area contributed by atoms with Crippen LogP contribution in [-0.2, 0) is 12.7 Å². The number of hydrogen-bond acceptors (Lipinski definition) is 4. The summed E-state index contributed by atoms with van der Waals surface area (Å²) in [7, 11) is 1.51. The molecule has 0 fully saturated rings. The van der Waals surface area contributed by atoms with E-state index in [-0.39, 0.29) is 17.9 Å². The predicted molar refractivity (Wildman–Crippen MR) is 113 cm³/mol. The second-order valence-electron chi connectivity index (χ2n) is 6.67. The molecule has 1 amide bonds. The van der Waals surface area contributed by atoms with Crippen molar-refractivity contribution in [3.05, 3.63) is 82.0 Å². The summed E-state index contributed by atoms with van der Waals surface area (Å²) in [5.41, 5.74) is 0.735. The van der Waals surface area contributed by atoms with Crippen LogP contribution in [0.5, 0.6) is 5.75 Å². The van der Waals surface area contributed by atoms with Gasteiger partial charge in [-0.15, -0.1) is 0 Å². The second-order valence-corrected chi connectivity index (χ2v) is 7.11. The van der Waals surface area contributed by atoms with Gasteiger partial charge in [-0.2, -0.15) is 13.2 Å². The summed E-state index contributed by atoms with van der Waals surface area (Å²) in [6.45, 7) is 1.88. The molecule has 0 atom stereocenters. The monoisotopic (exact) mass is 449 g/mol. The maximum Gasteiger partial charge on any atom is 0.433 e. The summed E-state index contributed by atoms with van der Waals surface area (Å²) in [6, 6.07) is 13.9. The minimum Gasteiger partial charge on any atom is -0.496 e. The van der Waals surface area contributed by atoms with Gasteiger partial charge in [-0.3, -0.25) is 4.79 Å². The first-order valence-electron chi connectivity index (χ1n) is 9.20. The Morgan fingerprint density at radius 2 is 1.87 bits per heavy atom. The number of carbonyl (C=O) groups excluding carboxylic acids is 1. The molecule has 0 bridgehead atoms. The lowest BCUT2D eigenvalue weighted by Crippen LogP contribution is -2.25. The topological polar surface area (TPSA) is 63.2 Å². The zero-order valence-electron chi connectivity index (χ0n) is 16.7. The SMILES string of the molecule is COc1ccccc1CNC(=O)c1ccc(C(F)(F)F)nc1Nc1cc(Cl)ccc1C. The third kappa shape index (κ3) is 5.46. The maximum atomic E-state index is 13.2. The van der Waals surface area contributed by atoms with Gasteiger partial charge in [0.05, 0.1) is 12.7 Å². The number of para-hydroxylation sites is 1. The molecule has 9 heteroatoms. The summed E-state index contributed by atoms with van der Waals surface area (Å²) >= 11 is 6.00. The van der Waals surface area contributed by atoms with Crippen molar-refractivity contribution in [3.8, 4) is 5.75 Å². The fourth-order valence-electron chi connectivity index (χ4n) is 2.87. The number of hydrogen-bond donors (Lipinski definition) is 2. The Bertz CT molecular complexity index is 1100. The number of aryl methyl sites for hydroxylation is 1. The Labute approximate surface area is 182 Å². The van der Waals surface area contributed by atoms with E-state index in [0.29, 0.717) is 16.5 Å². The largest absolute Gasteiger partial charge is 0.496 e. The molecule has 1 heterocycles. The number of methoxy groups -OCH3 is 1. The summed E-state index contributed by atoms with van der Waals surface area (Å²) in [5, 5.41) is 5.90. The molecular weight excluding hydrogens is 431 g/mol. The molecule has 0 aliphatic carbocycles. The van der Waals surface area contributed by atoms with Gasteiger partial charge in [-0.25, -0.2) is 4.98 Å². The first-order valence-corrected chi connectivity index (χ1v) is 9.58. The number of nitrogens with one attached hydrogen (secondary N) is 2. The standard InChI is InChI=1S/C22H19ClF3N3O2/c1-13-7-8-15(23)11-17(13)28-20-16(9-10-19(29-20)22(24,25)26)21(30)27-12-14-5-3-4-6-18(14)31-2/h3-11H,12H2,1-2H3,(H,27,30)(H,28,29). The fourth-order valence-corrected chi connectivity index (χ4v) is 3.04. The highest BCUT2D eigenvalue weighted by molar-refractivity contribution is 6.30.